The van der Waals surface area contributed by atoms with Gasteiger partial charge in [0.05, 0.1) is 6.10 Å². The van der Waals surface area contributed by atoms with E-state index in [0.29, 0.717) is 11.1 Å². The van der Waals surface area contributed by atoms with Crippen molar-refractivity contribution in [3.63, 3.8) is 0 Å². The van der Waals surface area contributed by atoms with E-state index in [1.54, 1.807) is 0 Å². The summed E-state index contributed by atoms with van der Waals surface area (Å²) in [6.45, 7) is 0. The van der Waals surface area contributed by atoms with E-state index in [9.17, 15) is 19.0 Å². The smallest absolute Gasteiger partial charge is 0.128 e. The Morgan fingerprint density at radius 2 is 1.85 bits per heavy atom. The number of aliphatic hydroxyl groups excluding tert-OH is 1. The summed E-state index contributed by atoms with van der Waals surface area (Å²) < 4.78 is 32.1. The van der Waals surface area contributed by atoms with E-state index in [1.807, 2.05) is 0 Å². The Balaban J connectivity index is 1.98. The van der Waals surface area contributed by atoms with Crippen molar-refractivity contribution in [2.75, 3.05) is 0 Å². The molecule has 0 saturated carbocycles. The third-order valence-corrected chi connectivity index (χ3v) is 3.32. The van der Waals surface area contributed by atoms with Crippen LogP contribution in [0.15, 0.2) is 36.4 Å². The maximum atomic E-state index is 13.3. The molecule has 5 heteroatoms. The minimum atomic E-state index is -0.824. The van der Waals surface area contributed by atoms with Gasteiger partial charge in [0.2, 0.25) is 0 Å². The monoisotopic (exact) mass is 278 g/mol. The molecule has 2 N–H and O–H groups in total. The standard InChI is InChI=1S/C15H12F2O3/c16-9-1-2-12-13(19)7-14(20-15(12)6-9)8-3-10(17)5-11(18)4-8/h1-6,13-14,18-19H,7H2. The normalized spacial score (nSPS) is 21.1. The van der Waals surface area contributed by atoms with E-state index >= 15 is 0 Å². The average Bonchev–Trinajstić information content (AvgIpc) is 2.36. The predicted octanol–water partition coefficient (Wildman–Crippen LogP) is 3.23. The van der Waals surface area contributed by atoms with Gasteiger partial charge in [0.15, 0.2) is 0 Å². The van der Waals surface area contributed by atoms with Gasteiger partial charge in [0, 0.05) is 24.1 Å². The Kier molecular flexibility index (Phi) is 3.06. The third kappa shape index (κ3) is 2.32. The molecule has 0 radical (unpaired) electrons. The van der Waals surface area contributed by atoms with Crippen LogP contribution in [0.5, 0.6) is 11.5 Å². The van der Waals surface area contributed by atoms with E-state index in [1.165, 1.54) is 30.3 Å². The Hall–Kier alpha value is -2.14. The molecule has 2 atom stereocenters. The van der Waals surface area contributed by atoms with Gasteiger partial charge in [0.25, 0.3) is 0 Å². The van der Waals surface area contributed by atoms with Gasteiger partial charge >= 0.3 is 0 Å². The van der Waals surface area contributed by atoms with Crippen molar-refractivity contribution in [1.82, 2.24) is 0 Å². The van der Waals surface area contributed by atoms with Gasteiger partial charge in [-0.25, -0.2) is 8.78 Å². The fourth-order valence-electron chi connectivity index (χ4n) is 2.40. The highest BCUT2D eigenvalue weighted by atomic mass is 19.1. The van der Waals surface area contributed by atoms with Gasteiger partial charge in [-0.2, -0.15) is 0 Å². The predicted molar refractivity (Wildman–Crippen MR) is 67.4 cm³/mol. The molecule has 0 saturated heterocycles. The number of aromatic hydroxyl groups is 1. The first kappa shape index (κ1) is 12.9. The van der Waals surface area contributed by atoms with Crippen molar-refractivity contribution < 1.29 is 23.7 Å². The number of phenols is 1. The number of benzene rings is 2. The highest BCUT2D eigenvalue weighted by Gasteiger charge is 2.28. The molecular weight excluding hydrogens is 266 g/mol. The van der Waals surface area contributed by atoms with Crippen LogP contribution < -0.4 is 4.74 Å². The van der Waals surface area contributed by atoms with Crippen LogP contribution in [0.3, 0.4) is 0 Å². The zero-order chi connectivity index (χ0) is 14.3. The first-order chi connectivity index (χ1) is 9.52. The van der Waals surface area contributed by atoms with Gasteiger partial charge in [-0.1, -0.05) is 0 Å². The summed E-state index contributed by atoms with van der Waals surface area (Å²) in [5.74, 6) is -1.05. The van der Waals surface area contributed by atoms with Gasteiger partial charge in [0.1, 0.15) is 29.2 Å². The average molecular weight is 278 g/mol. The molecule has 1 aliphatic rings. The van der Waals surface area contributed by atoms with Crippen molar-refractivity contribution in [3.05, 3.63) is 59.2 Å². The lowest BCUT2D eigenvalue weighted by atomic mass is 9.95. The lowest BCUT2D eigenvalue weighted by molar-refractivity contribution is 0.0651. The molecule has 0 spiro atoms. The van der Waals surface area contributed by atoms with E-state index in [4.69, 9.17) is 4.74 Å². The summed E-state index contributed by atoms with van der Waals surface area (Å²) in [4.78, 5) is 0. The van der Waals surface area contributed by atoms with Crippen LogP contribution in [0, 0.1) is 11.6 Å². The largest absolute Gasteiger partial charge is 0.508 e. The molecule has 0 amide bonds. The van der Waals surface area contributed by atoms with Gasteiger partial charge in [-0.05, 0) is 29.8 Å². The Morgan fingerprint density at radius 3 is 2.60 bits per heavy atom. The minimum absolute atomic E-state index is 0.210. The van der Waals surface area contributed by atoms with Crippen LogP contribution in [0.1, 0.15) is 29.8 Å². The number of phenolic OH excluding ortho intramolecular Hbond substituents is 1. The minimum Gasteiger partial charge on any atom is -0.508 e. The summed E-state index contributed by atoms with van der Waals surface area (Å²) >= 11 is 0. The molecule has 0 bridgehead atoms. The zero-order valence-electron chi connectivity index (χ0n) is 10.4. The molecular formula is C15H12F2O3. The zero-order valence-corrected chi connectivity index (χ0v) is 10.4. The first-order valence-corrected chi connectivity index (χ1v) is 6.16. The lowest BCUT2D eigenvalue weighted by Gasteiger charge is -2.30. The van der Waals surface area contributed by atoms with E-state index in [2.05, 4.69) is 0 Å². The van der Waals surface area contributed by atoms with Gasteiger partial charge in [-0.3, -0.25) is 0 Å². The number of rotatable bonds is 1. The number of aliphatic hydroxyl groups is 1. The number of fused-ring (bicyclic) bond motifs is 1. The first-order valence-electron chi connectivity index (χ1n) is 6.16. The van der Waals surface area contributed by atoms with Gasteiger partial charge in [-0.15, -0.1) is 0 Å². The molecule has 0 aliphatic carbocycles. The lowest BCUT2D eigenvalue weighted by Crippen LogP contribution is -2.19. The third-order valence-electron chi connectivity index (χ3n) is 3.32. The molecule has 2 aromatic rings. The summed E-state index contributed by atoms with van der Waals surface area (Å²) in [6, 6.07) is 7.47. The summed E-state index contributed by atoms with van der Waals surface area (Å²) in [5.41, 5.74) is 0.903. The summed E-state index contributed by atoms with van der Waals surface area (Å²) in [6.07, 6.45) is -1.25. The second kappa shape index (κ2) is 4.76. The highest BCUT2D eigenvalue weighted by Crippen LogP contribution is 2.41. The number of halogens is 2. The maximum Gasteiger partial charge on any atom is 0.128 e. The number of hydrogen-bond acceptors (Lipinski definition) is 3. The Morgan fingerprint density at radius 1 is 1.05 bits per heavy atom. The topological polar surface area (TPSA) is 49.7 Å². The van der Waals surface area contributed by atoms with Crippen LogP contribution in [0.4, 0.5) is 8.78 Å². The fraction of sp³-hybridized carbons (Fsp3) is 0.200. The summed E-state index contributed by atoms with van der Waals surface area (Å²) in [5, 5.41) is 19.5. The van der Waals surface area contributed by atoms with Crippen molar-refractivity contribution >= 4 is 0 Å². The van der Waals surface area contributed by atoms with Crippen LogP contribution in [-0.4, -0.2) is 10.2 Å². The molecule has 3 nitrogen and oxygen atoms in total. The molecule has 1 aliphatic heterocycles. The maximum absolute atomic E-state index is 13.3. The fourth-order valence-corrected chi connectivity index (χ4v) is 2.40. The molecule has 104 valence electrons. The van der Waals surface area contributed by atoms with E-state index in [0.717, 1.165) is 6.07 Å². The van der Waals surface area contributed by atoms with Crippen molar-refractivity contribution in [1.29, 1.82) is 0 Å². The van der Waals surface area contributed by atoms with Crippen LogP contribution in [-0.2, 0) is 0 Å². The number of ether oxygens (including phenoxy) is 1. The Labute approximate surface area is 114 Å². The second-order valence-electron chi connectivity index (χ2n) is 4.78. The SMILES string of the molecule is Oc1cc(F)cc(C2CC(O)c3ccc(F)cc3O2)c1. The number of hydrogen-bond donors (Lipinski definition) is 2. The van der Waals surface area contributed by atoms with Crippen LogP contribution in [0.2, 0.25) is 0 Å². The van der Waals surface area contributed by atoms with Crippen LogP contribution in [0.25, 0.3) is 0 Å². The quantitative estimate of drug-likeness (QED) is 0.842. The highest BCUT2D eigenvalue weighted by molar-refractivity contribution is 5.40. The van der Waals surface area contributed by atoms with E-state index in [-0.39, 0.29) is 17.9 Å². The molecule has 3 rings (SSSR count). The molecule has 0 fully saturated rings. The molecule has 2 aromatic carbocycles. The molecule has 2 unspecified atom stereocenters. The summed E-state index contributed by atoms with van der Waals surface area (Å²) in [7, 11) is 0. The van der Waals surface area contributed by atoms with Crippen molar-refractivity contribution in [3.8, 4) is 11.5 Å². The molecule has 1 heterocycles. The molecule has 0 aromatic heterocycles. The van der Waals surface area contributed by atoms with Gasteiger partial charge < -0.3 is 14.9 Å². The van der Waals surface area contributed by atoms with Crippen molar-refractivity contribution in [2.45, 2.75) is 18.6 Å². The van der Waals surface area contributed by atoms with Crippen LogP contribution >= 0.6 is 0 Å². The van der Waals surface area contributed by atoms with E-state index < -0.39 is 23.8 Å². The van der Waals surface area contributed by atoms with Crippen molar-refractivity contribution in [2.24, 2.45) is 0 Å². The second-order valence-corrected chi connectivity index (χ2v) is 4.78. The molecule has 20 heavy (non-hydrogen) atoms. The Bertz CT molecular complexity index is 637.